The minimum absolute atomic E-state index is 0.232. The van der Waals surface area contributed by atoms with Crippen LogP contribution in [0.25, 0.3) is 0 Å². The summed E-state index contributed by atoms with van der Waals surface area (Å²) in [5.74, 6) is 0. The first-order valence-electron chi connectivity index (χ1n) is 8.58. The lowest BCUT2D eigenvalue weighted by atomic mass is 10.0. The van der Waals surface area contributed by atoms with Crippen molar-refractivity contribution >= 4 is 0 Å². The van der Waals surface area contributed by atoms with Crippen LogP contribution in [0.4, 0.5) is 0 Å². The Hall–Kier alpha value is -0.0800. The molecule has 0 aliphatic carbocycles. The lowest BCUT2D eigenvalue weighted by Crippen LogP contribution is -2.51. The van der Waals surface area contributed by atoms with E-state index in [1.54, 1.807) is 0 Å². The van der Waals surface area contributed by atoms with Gasteiger partial charge in [-0.2, -0.15) is 0 Å². The normalized spacial score (nSPS) is 12.3. The van der Waals surface area contributed by atoms with Crippen molar-refractivity contribution in [2.45, 2.75) is 97.9 Å². The van der Waals surface area contributed by atoms with Gasteiger partial charge in [0.05, 0.1) is 0 Å². The summed E-state index contributed by atoms with van der Waals surface area (Å²) < 4.78 is 0. The molecule has 19 heavy (non-hydrogen) atoms. The number of nitrogens with zero attached hydrogens (tertiary/aromatic N) is 1. The van der Waals surface area contributed by atoms with Crippen LogP contribution in [-0.4, -0.2) is 23.6 Å². The average Bonchev–Trinajstić information content (AvgIpc) is 2.39. The first-order valence-corrected chi connectivity index (χ1v) is 8.58. The lowest BCUT2D eigenvalue weighted by Gasteiger charge is -2.34. The molecular weight excluding hydrogens is 232 g/mol. The van der Waals surface area contributed by atoms with Crippen molar-refractivity contribution in [1.82, 2.24) is 10.4 Å². The van der Waals surface area contributed by atoms with Gasteiger partial charge in [-0.25, -0.2) is 10.4 Å². The monoisotopic (exact) mass is 270 g/mol. The maximum absolute atomic E-state index is 3.73. The van der Waals surface area contributed by atoms with E-state index in [2.05, 4.69) is 45.1 Å². The highest BCUT2D eigenvalue weighted by molar-refractivity contribution is 4.74. The SMILES string of the molecule is CCCCCCN(CCCCCC)NC(C)(C)CC. The Bertz CT molecular complexity index is 178. The number of rotatable bonds is 13. The molecule has 0 heterocycles. The Kier molecular flexibility index (Phi) is 11.7. The zero-order chi connectivity index (χ0) is 14.6. The number of hydrogen-bond donors (Lipinski definition) is 1. The first-order chi connectivity index (χ1) is 9.05. The van der Waals surface area contributed by atoms with Crippen LogP contribution in [0.3, 0.4) is 0 Å². The van der Waals surface area contributed by atoms with E-state index < -0.39 is 0 Å². The highest BCUT2D eigenvalue weighted by Crippen LogP contribution is 2.10. The van der Waals surface area contributed by atoms with E-state index in [0.29, 0.717) is 0 Å². The van der Waals surface area contributed by atoms with Gasteiger partial charge in [0.1, 0.15) is 0 Å². The molecule has 0 fully saturated rings. The Balaban J connectivity index is 3.99. The molecule has 116 valence electrons. The molecule has 0 spiro atoms. The zero-order valence-corrected chi connectivity index (χ0v) is 14.2. The summed E-state index contributed by atoms with van der Waals surface area (Å²) in [6, 6.07) is 0. The fourth-order valence-electron chi connectivity index (χ4n) is 2.19. The Morgan fingerprint density at radius 3 is 1.58 bits per heavy atom. The van der Waals surface area contributed by atoms with Gasteiger partial charge in [-0.1, -0.05) is 59.3 Å². The number of unbranched alkanes of at least 4 members (excludes halogenated alkanes) is 6. The molecule has 0 aromatic rings. The minimum atomic E-state index is 0.232. The average molecular weight is 271 g/mol. The molecule has 0 unspecified atom stereocenters. The predicted molar refractivity (Wildman–Crippen MR) is 87.4 cm³/mol. The smallest absolute Gasteiger partial charge is 0.0267 e. The van der Waals surface area contributed by atoms with Crippen molar-refractivity contribution < 1.29 is 0 Å². The summed E-state index contributed by atoms with van der Waals surface area (Å²) in [6.45, 7) is 13.8. The second-order valence-electron chi connectivity index (χ2n) is 6.46. The second kappa shape index (κ2) is 11.7. The second-order valence-corrected chi connectivity index (χ2v) is 6.46. The van der Waals surface area contributed by atoms with Crippen molar-refractivity contribution in [2.24, 2.45) is 0 Å². The number of nitrogens with one attached hydrogen (secondary N) is 1. The zero-order valence-electron chi connectivity index (χ0n) is 14.2. The van der Waals surface area contributed by atoms with Crippen LogP contribution >= 0.6 is 0 Å². The molecular formula is C17H38N2. The Morgan fingerprint density at radius 2 is 1.21 bits per heavy atom. The summed E-state index contributed by atoms with van der Waals surface area (Å²) in [6.07, 6.45) is 12.0. The lowest BCUT2D eigenvalue weighted by molar-refractivity contribution is 0.111. The summed E-state index contributed by atoms with van der Waals surface area (Å²) >= 11 is 0. The molecule has 0 aliphatic heterocycles. The van der Waals surface area contributed by atoms with E-state index in [0.717, 1.165) is 0 Å². The maximum atomic E-state index is 3.73. The summed E-state index contributed by atoms with van der Waals surface area (Å²) in [5.41, 5.74) is 3.96. The predicted octanol–water partition coefficient (Wildman–Crippen LogP) is 5.14. The quantitative estimate of drug-likeness (QED) is 0.368. The van der Waals surface area contributed by atoms with E-state index in [1.807, 2.05) is 0 Å². The fourth-order valence-corrected chi connectivity index (χ4v) is 2.19. The van der Waals surface area contributed by atoms with Crippen molar-refractivity contribution in [3.63, 3.8) is 0 Å². The Morgan fingerprint density at radius 1 is 0.737 bits per heavy atom. The highest BCUT2D eigenvalue weighted by Gasteiger charge is 2.17. The third-order valence-corrected chi connectivity index (χ3v) is 3.91. The maximum Gasteiger partial charge on any atom is 0.0267 e. The topological polar surface area (TPSA) is 15.3 Å². The Labute approximate surface area is 122 Å². The van der Waals surface area contributed by atoms with Crippen LogP contribution in [0.15, 0.2) is 0 Å². The fraction of sp³-hybridized carbons (Fsp3) is 1.00. The summed E-state index contributed by atoms with van der Waals surface area (Å²) in [5, 5.41) is 2.48. The number of hydrogen-bond acceptors (Lipinski definition) is 2. The van der Waals surface area contributed by atoms with Crippen LogP contribution in [0.5, 0.6) is 0 Å². The van der Waals surface area contributed by atoms with E-state index in [9.17, 15) is 0 Å². The van der Waals surface area contributed by atoms with Gasteiger partial charge in [0.25, 0.3) is 0 Å². The molecule has 1 N–H and O–H groups in total. The molecule has 0 aliphatic rings. The van der Waals surface area contributed by atoms with Crippen LogP contribution in [0.2, 0.25) is 0 Å². The third-order valence-electron chi connectivity index (χ3n) is 3.91. The van der Waals surface area contributed by atoms with Crippen molar-refractivity contribution in [3.8, 4) is 0 Å². The van der Waals surface area contributed by atoms with Crippen LogP contribution in [0, 0.1) is 0 Å². The highest BCUT2D eigenvalue weighted by atomic mass is 15.5. The van der Waals surface area contributed by atoms with E-state index >= 15 is 0 Å². The first kappa shape index (κ1) is 18.9. The minimum Gasteiger partial charge on any atom is -0.250 e. The third kappa shape index (κ3) is 11.4. The molecule has 2 heteroatoms. The standard InChI is InChI=1S/C17H38N2/c1-6-9-11-13-15-19(16-14-12-10-7-2)18-17(4,5)8-3/h18H,6-16H2,1-5H3. The molecule has 0 aromatic heterocycles. The van der Waals surface area contributed by atoms with Crippen molar-refractivity contribution in [3.05, 3.63) is 0 Å². The molecule has 0 saturated heterocycles. The molecule has 0 saturated carbocycles. The van der Waals surface area contributed by atoms with Crippen LogP contribution < -0.4 is 5.43 Å². The number of hydrazine groups is 1. The van der Waals surface area contributed by atoms with E-state index in [-0.39, 0.29) is 5.54 Å². The molecule has 0 rings (SSSR count). The van der Waals surface area contributed by atoms with E-state index in [4.69, 9.17) is 0 Å². The molecule has 0 bridgehead atoms. The van der Waals surface area contributed by atoms with Gasteiger partial charge >= 0.3 is 0 Å². The van der Waals surface area contributed by atoms with Crippen molar-refractivity contribution in [2.75, 3.05) is 13.1 Å². The molecule has 0 atom stereocenters. The van der Waals surface area contributed by atoms with Crippen LogP contribution in [0.1, 0.15) is 92.4 Å². The van der Waals surface area contributed by atoms with Crippen LogP contribution in [-0.2, 0) is 0 Å². The van der Waals surface area contributed by atoms with Gasteiger partial charge in [0.2, 0.25) is 0 Å². The van der Waals surface area contributed by atoms with Gasteiger partial charge in [-0.3, -0.25) is 0 Å². The van der Waals surface area contributed by atoms with Gasteiger partial charge in [0.15, 0.2) is 0 Å². The summed E-state index contributed by atoms with van der Waals surface area (Å²) in [4.78, 5) is 0. The van der Waals surface area contributed by atoms with Crippen molar-refractivity contribution in [1.29, 1.82) is 0 Å². The van der Waals surface area contributed by atoms with Gasteiger partial charge < -0.3 is 0 Å². The molecule has 0 aromatic carbocycles. The van der Waals surface area contributed by atoms with Gasteiger partial charge in [0, 0.05) is 18.6 Å². The molecule has 0 amide bonds. The largest absolute Gasteiger partial charge is 0.250 e. The summed E-state index contributed by atoms with van der Waals surface area (Å²) in [7, 11) is 0. The van der Waals surface area contributed by atoms with Gasteiger partial charge in [-0.05, 0) is 33.1 Å². The molecule has 2 nitrogen and oxygen atoms in total. The molecule has 0 radical (unpaired) electrons. The van der Waals surface area contributed by atoms with E-state index in [1.165, 1.54) is 70.9 Å². The van der Waals surface area contributed by atoms with Gasteiger partial charge in [-0.15, -0.1) is 0 Å².